The largest absolute Gasteiger partial charge is 0.465 e. The number of hydrogen-bond donors (Lipinski definition) is 0. The van der Waals surface area contributed by atoms with Crippen LogP contribution in [0.3, 0.4) is 0 Å². The zero-order valence-corrected chi connectivity index (χ0v) is 12.3. The molecule has 21 heavy (non-hydrogen) atoms. The average Bonchev–Trinajstić information content (AvgIpc) is 2.48. The lowest BCUT2D eigenvalue weighted by atomic mass is 9.94. The number of halogens is 1. The van der Waals surface area contributed by atoms with E-state index in [1.54, 1.807) is 24.0 Å². The van der Waals surface area contributed by atoms with Crippen LogP contribution in [0.5, 0.6) is 0 Å². The van der Waals surface area contributed by atoms with Gasteiger partial charge in [-0.05, 0) is 44.4 Å². The molecule has 1 aromatic carbocycles. The van der Waals surface area contributed by atoms with Crippen LogP contribution < -0.4 is 0 Å². The minimum Gasteiger partial charge on any atom is -0.465 e. The second-order valence-electron chi connectivity index (χ2n) is 5.21. The van der Waals surface area contributed by atoms with Crippen molar-refractivity contribution in [3.05, 3.63) is 35.6 Å². The van der Waals surface area contributed by atoms with Crippen molar-refractivity contribution < 1.29 is 18.7 Å². The van der Waals surface area contributed by atoms with E-state index in [0.717, 1.165) is 12.0 Å². The molecule has 1 aliphatic rings. The van der Waals surface area contributed by atoms with E-state index >= 15 is 0 Å². The Bertz CT molecular complexity index is 515. The van der Waals surface area contributed by atoms with Gasteiger partial charge in [-0.3, -0.25) is 9.59 Å². The summed E-state index contributed by atoms with van der Waals surface area (Å²) in [7, 11) is 0. The summed E-state index contributed by atoms with van der Waals surface area (Å²) >= 11 is 0. The van der Waals surface area contributed by atoms with Crippen LogP contribution in [0.4, 0.5) is 4.39 Å². The first kappa shape index (κ1) is 15.5. The maximum atomic E-state index is 13.0. The van der Waals surface area contributed by atoms with Gasteiger partial charge in [0.05, 0.1) is 12.6 Å². The van der Waals surface area contributed by atoms with Gasteiger partial charge >= 0.3 is 5.97 Å². The molecule has 0 aromatic heterocycles. The lowest BCUT2D eigenvalue weighted by molar-refractivity contribution is -0.159. The van der Waals surface area contributed by atoms with Crippen LogP contribution in [0.15, 0.2) is 24.3 Å². The van der Waals surface area contributed by atoms with E-state index in [0.29, 0.717) is 13.0 Å². The number of esters is 1. The maximum Gasteiger partial charge on any atom is 0.318 e. The fourth-order valence-electron chi connectivity index (χ4n) is 2.67. The molecule has 1 aliphatic heterocycles. The van der Waals surface area contributed by atoms with Crippen LogP contribution in [0.25, 0.3) is 0 Å². The van der Waals surface area contributed by atoms with Gasteiger partial charge in [0.2, 0.25) is 5.91 Å². The Hall–Kier alpha value is -1.91. The minimum atomic E-state index is -0.707. The topological polar surface area (TPSA) is 46.6 Å². The molecule has 0 radical (unpaired) electrons. The number of likely N-dealkylation sites (tertiary alicyclic amines) is 1. The Balaban J connectivity index is 2.13. The number of piperidine rings is 1. The second-order valence-corrected chi connectivity index (χ2v) is 5.21. The van der Waals surface area contributed by atoms with Crippen LogP contribution in [0.2, 0.25) is 0 Å². The summed E-state index contributed by atoms with van der Waals surface area (Å²) in [6.07, 6.45) is 1.30. The zero-order valence-electron chi connectivity index (χ0n) is 12.3. The molecule has 1 aromatic rings. The number of nitrogens with zero attached hydrogens (tertiary/aromatic N) is 1. The highest BCUT2D eigenvalue weighted by Crippen LogP contribution is 2.28. The second kappa shape index (κ2) is 6.70. The fourth-order valence-corrected chi connectivity index (χ4v) is 2.67. The molecule has 0 aliphatic carbocycles. The van der Waals surface area contributed by atoms with Gasteiger partial charge in [0.15, 0.2) is 0 Å². The highest BCUT2D eigenvalue weighted by atomic mass is 19.1. The molecule has 1 fully saturated rings. The number of carbonyl (C=O) groups excluding carboxylic acids is 2. The molecule has 114 valence electrons. The van der Waals surface area contributed by atoms with Crippen LogP contribution in [0, 0.1) is 11.7 Å². The zero-order chi connectivity index (χ0) is 15.4. The van der Waals surface area contributed by atoms with Gasteiger partial charge in [-0.2, -0.15) is 0 Å². The summed E-state index contributed by atoms with van der Waals surface area (Å²) in [5.41, 5.74) is 0.856. The monoisotopic (exact) mass is 293 g/mol. The van der Waals surface area contributed by atoms with Gasteiger partial charge in [0, 0.05) is 6.54 Å². The van der Waals surface area contributed by atoms with Crippen LogP contribution >= 0.6 is 0 Å². The summed E-state index contributed by atoms with van der Waals surface area (Å²) in [4.78, 5) is 26.0. The molecule has 0 spiro atoms. The van der Waals surface area contributed by atoms with Crippen molar-refractivity contribution in [2.24, 2.45) is 5.92 Å². The van der Waals surface area contributed by atoms with E-state index < -0.39 is 11.9 Å². The van der Waals surface area contributed by atoms with Crippen LogP contribution in [-0.4, -0.2) is 29.9 Å². The molecule has 4 nitrogen and oxygen atoms in total. The van der Waals surface area contributed by atoms with E-state index in [4.69, 9.17) is 4.74 Å². The Kier molecular flexibility index (Phi) is 4.94. The molecule has 2 rings (SSSR count). The maximum absolute atomic E-state index is 13.0. The van der Waals surface area contributed by atoms with Crippen molar-refractivity contribution >= 4 is 11.9 Å². The van der Waals surface area contributed by atoms with Gasteiger partial charge < -0.3 is 9.64 Å². The van der Waals surface area contributed by atoms with Gasteiger partial charge in [0.1, 0.15) is 11.7 Å². The predicted octanol–water partition coefficient (Wildman–Crippen LogP) is 2.69. The van der Waals surface area contributed by atoms with Crippen molar-refractivity contribution in [3.63, 3.8) is 0 Å². The Morgan fingerprint density at radius 2 is 2.10 bits per heavy atom. The van der Waals surface area contributed by atoms with Crippen molar-refractivity contribution in [2.75, 3.05) is 13.2 Å². The lowest BCUT2D eigenvalue weighted by Crippen LogP contribution is -2.45. The molecule has 2 unspecified atom stereocenters. The van der Waals surface area contributed by atoms with Gasteiger partial charge in [-0.1, -0.05) is 12.1 Å². The molecule has 1 heterocycles. The van der Waals surface area contributed by atoms with Gasteiger partial charge in [-0.25, -0.2) is 4.39 Å². The summed E-state index contributed by atoms with van der Waals surface area (Å²) in [6.45, 7) is 4.49. The van der Waals surface area contributed by atoms with Crippen molar-refractivity contribution in [2.45, 2.75) is 32.7 Å². The molecule has 2 atom stereocenters. The van der Waals surface area contributed by atoms with Crippen molar-refractivity contribution in [3.8, 4) is 0 Å². The number of benzene rings is 1. The third kappa shape index (κ3) is 3.40. The first-order valence-electron chi connectivity index (χ1n) is 7.27. The standard InChI is InChI=1S/C16H20FNO3/c1-3-21-16(20)14-5-4-10-18(15(14)19)11(2)12-6-8-13(17)9-7-12/h6-9,11,14H,3-5,10H2,1-2H3. The molecule has 0 bridgehead atoms. The first-order valence-corrected chi connectivity index (χ1v) is 7.27. The van der Waals surface area contributed by atoms with E-state index in [-0.39, 0.29) is 24.4 Å². The average molecular weight is 293 g/mol. The fraction of sp³-hybridized carbons (Fsp3) is 0.500. The third-order valence-electron chi connectivity index (χ3n) is 3.86. The third-order valence-corrected chi connectivity index (χ3v) is 3.86. The smallest absolute Gasteiger partial charge is 0.318 e. The van der Waals surface area contributed by atoms with Crippen LogP contribution in [-0.2, 0) is 14.3 Å². The molecule has 5 heteroatoms. The molecule has 0 N–H and O–H groups in total. The normalized spacial score (nSPS) is 20.2. The van der Waals surface area contributed by atoms with Gasteiger partial charge in [0.25, 0.3) is 0 Å². The number of carbonyl (C=O) groups is 2. The first-order chi connectivity index (χ1) is 10.0. The quantitative estimate of drug-likeness (QED) is 0.633. The predicted molar refractivity (Wildman–Crippen MR) is 75.9 cm³/mol. The highest BCUT2D eigenvalue weighted by Gasteiger charge is 2.37. The van der Waals surface area contributed by atoms with E-state index in [9.17, 15) is 14.0 Å². The number of rotatable bonds is 4. The SMILES string of the molecule is CCOC(=O)C1CCCN(C(C)c2ccc(F)cc2)C1=O. The summed E-state index contributed by atoms with van der Waals surface area (Å²) in [5, 5.41) is 0. The number of amides is 1. The Labute approximate surface area is 123 Å². The molecular formula is C16H20FNO3. The molecule has 0 saturated carbocycles. The Morgan fingerprint density at radius 3 is 2.71 bits per heavy atom. The summed E-state index contributed by atoms with van der Waals surface area (Å²) in [6, 6.07) is 5.91. The molecule has 1 amide bonds. The van der Waals surface area contributed by atoms with Crippen molar-refractivity contribution in [1.29, 1.82) is 0 Å². The minimum absolute atomic E-state index is 0.185. The summed E-state index contributed by atoms with van der Waals surface area (Å²) < 4.78 is 17.9. The number of hydrogen-bond acceptors (Lipinski definition) is 3. The molecular weight excluding hydrogens is 273 g/mol. The number of ether oxygens (including phenoxy) is 1. The summed E-state index contributed by atoms with van der Waals surface area (Å²) in [5.74, 6) is -1.66. The lowest BCUT2D eigenvalue weighted by Gasteiger charge is -2.35. The van der Waals surface area contributed by atoms with Crippen molar-refractivity contribution in [1.82, 2.24) is 4.90 Å². The van der Waals surface area contributed by atoms with E-state index in [1.165, 1.54) is 12.1 Å². The van der Waals surface area contributed by atoms with E-state index in [1.807, 2.05) is 6.92 Å². The Morgan fingerprint density at radius 1 is 1.43 bits per heavy atom. The van der Waals surface area contributed by atoms with Crippen LogP contribution in [0.1, 0.15) is 38.3 Å². The molecule has 1 saturated heterocycles. The highest BCUT2D eigenvalue weighted by molar-refractivity contribution is 5.98. The van der Waals surface area contributed by atoms with Gasteiger partial charge in [-0.15, -0.1) is 0 Å². The van der Waals surface area contributed by atoms with E-state index in [2.05, 4.69) is 0 Å².